The summed E-state index contributed by atoms with van der Waals surface area (Å²) in [5.41, 5.74) is 3.79. The molecule has 1 saturated carbocycles. The Morgan fingerprint density at radius 1 is 1.07 bits per heavy atom. The molecule has 0 bridgehead atoms. The number of amides is 1. The third-order valence-corrected chi connectivity index (χ3v) is 6.59. The van der Waals surface area contributed by atoms with Gasteiger partial charge in [-0.1, -0.05) is 12.8 Å². The molecule has 6 nitrogen and oxygen atoms in total. The molecule has 1 saturated heterocycles. The van der Waals surface area contributed by atoms with Gasteiger partial charge in [-0.25, -0.2) is 9.50 Å². The molecule has 2 fully saturated rings. The fourth-order valence-corrected chi connectivity index (χ4v) is 5.15. The van der Waals surface area contributed by atoms with Gasteiger partial charge in [0.05, 0.1) is 11.6 Å². The lowest BCUT2D eigenvalue weighted by molar-refractivity contribution is -0.125. The largest absolute Gasteiger partial charge is 0.354 e. The molecule has 1 unspecified atom stereocenters. The van der Waals surface area contributed by atoms with Crippen molar-refractivity contribution in [2.75, 3.05) is 18.0 Å². The Kier molecular flexibility index (Phi) is 4.50. The Labute approximate surface area is 160 Å². The molecule has 6 heteroatoms. The fraction of sp³-hybridized carbons (Fsp3) is 0.667. The zero-order valence-corrected chi connectivity index (χ0v) is 16.0. The van der Waals surface area contributed by atoms with Crippen LogP contribution < -0.4 is 10.2 Å². The molecule has 1 aliphatic heterocycles. The predicted octanol–water partition coefficient (Wildman–Crippen LogP) is 2.88. The first-order valence-corrected chi connectivity index (χ1v) is 10.7. The van der Waals surface area contributed by atoms with Gasteiger partial charge in [-0.15, -0.1) is 0 Å². The van der Waals surface area contributed by atoms with E-state index in [2.05, 4.69) is 10.2 Å². The summed E-state index contributed by atoms with van der Waals surface area (Å²) in [5, 5.41) is 8.10. The molecular weight excluding hydrogens is 338 g/mol. The van der Waals surface area contributed by atoms with Crippen LogP contribution in [0, 0.1) is 5.92 Å². The minimum atomic E-state index is 0.0696. The Bertz CT molecular complexity index is 838. The molecular formula is C21H29N5O. The van der Waals surface area contributed by atoms with Crippen molar-refractivity contribution < 1.29 is 4.79 Å². The van der Waals surface area contributed by atoms with Gasteiger partial charge >= 0.3 is 0 Å². The maximum atomic E-state index is 12.8. The molecule has 2 aromatic heterocycles. The second-order valence-corrected chi connectivity index (χ2v) is 8.45. The molecule has 0 spiro atoms. The summed E-state index contributed by atoms with van der Waals surface area (Å²) < 4.78 is 2.01. The molecule has 144 valence electrons. The van der Waals surface area contributed by atoms with Crippen molar-refractivity contribution in [3.05, 3.63) is 23.7 Å². The molecule has 0 radical (unpaired) electrons. The van der Waals surface area contributed by atoms with Crippen LogP contribution in [0.5, 0.6) is 0 Å². The van der Waals surface area contributed by atoms with Gasteiger partial charge in [0.1, 0.15) is 5.52 Å². The summed E-state index contributed by atoms with van der Waals surface area (Å²) in [6.45, 7) is 1.74. The number of carbonyl (C=O) groups excluding carboxylic acids is 1. The molecule has 1 atom stereocenters. The van der Waals surface area contributed by atoms with Gasteiger partial charge in [-0.2, -0.15) is 5.10 Å². The van der Waals surface area contributed by atoms with E-state index in [1.807, 2.05) is 16.9 Å². The highest BCUT2D eigenvalue weighted by Crippen LogP contribution is 2.32. The number of nitrogens with one attached hydrogen (secondary N) is 1. The first-order valence-electron chi connectivity index (χ1n) is 10.7. The average molecular weight is 367 g/mol. The van der Waals surface area contributed by atoms with Crippen LogP contribution in [0.4, 0.5) is 5.82 Å². The zero-order chi connectivity index (χ0) is 18.2. The number of aryl methyl sites for hydroxylation is 2. The molecule has 2 aliphatic carbocycles. The third-order valence-electron chi connectivity index (χ3n) is 6.59. The highest BCUT2D eigenvalue weighted by atomic mass is 16.2. The zero-order valence-electron chi connectivity index (χ0n) is 16.0. The van der Waals surface area contributed by atoms with Gasteiger partial charge in [-0.05, 0) is 51.4 Å². The van der Waals surface area contributed by atoms with Crippen LogP contribution in [0.3, 0.4) is 0 Å². The van der Waals surface area contributed by atoms with E-state index in [9.17, 15) is 4.79 Å². The molecule has 2 aromatic rings. The number of hydrogen-bond donors (Lipinski definition) is 1. The van der Waals surface area contributed by atoms with Crippen LogP contribution in [-0.4, -0.2) is 39.6 Å². The topological polar surface area (TPSA) is 62.5 Å². The number of nitrogens with zero attached hydrogens (tertiary/aromatic N) is 4. The smallest absolute Gasteiger partial charge is 0.225 e. The van der Waals surface area contributed by atoms with Crippen LogP contribution in [-0.2, 0) is 17.6 Å². The molecule has 27 heavy (non-hydrogen) atoms. The lowest BCUT2D eigenvalue weighted by Gasteiger charge is -2.33. The fourth-order valence-electron chi connectivity index (χ4n) is 5.15. The van der Waals surface area contributed by atoms with E-state index in [0.29, 0.717) is 6.04 Å². The van der Waals surface area contributed by atoms with Crippen molar-refractivity contribution in [1.82, 2.24) is 19.9 Å². The van der Waals surface area contributed by atoms with E-state index in [1.165, 1.54) is 42.5 Å². The van der Waals surface area contributed by atoms with E-state index in [1.54, 1.807) is 0 Å². The summed E-state index contributed by atoms with van der Waals surface area (Å²) in [5.74, 6) is 1.33. The first kappa shape index (κ1) is 17.0. The lowest BCUT2D eigenvalue weighted by atomic mass is 9.95. The van der Waals surface area contributed by atoms with Crippen LogP contribution in [0.25, 0.3) is 5.52 Å². The van der Waals surface area contributed by atoms with Gasteiger partial charge in [0.25, 0.3) is 0 Å². The summed E-state index contributed by atoms with van der Waals surface area (Å²) in [7, 11) is 0. The van der Waals surface area contributed by atoms with Crippen molar-refractivity contribution in [1.29, 1.82) is 0 Å². The number of fused-ring (bicyclic) bond motifs is 3. The monoisotopic (exact) mass is 367 g/mol. The molecule has 3 heterocycles. The Balaban J connectivity index is 1.39. The van der Waals surface area contributed by atoms with E-state index in [4.69, 9.17) is 10.1 Å². The van der Waals surface area contributed by atoms with Gasteiger partial charge in [0, 0.05) is 37.1 Å². The average Bonchev–Trinajstić information content (AvgIpc) is 3.35. The number of aromatic nitrogens is 3. The summed E-state index contributed by atoms with van der Waals surface area (Å²) >= 11 is 0. The van der Waals surface area contributed by atoms with Crippen LogP contribution in [0.1, 0.15) is 62.6 Å². The van der Waals surface area contributed by atoms with Gasteiger partial charge in [0.15, 0.2) is 5.82 Å². The second kappa shape index (κ2) is 7.13. The molecule has 0 aromatic carbocycles. The number of piperidine rings is 1. The van der Waals surface area contributed by atoms with E-state index in [0.717, 1.165) is 57.4 Å². The first-order chi connectivity index (χ1) is 13.3. The van der Waals surface area contributed by atoms with Crippen molar-refractivity contribution >= 4 is 17.2 Å². The molecule has 1 amide bonds. The van der Waals surface area contributed by atoms with Crippen LogP contribution in [0.2, 0.25) is 0 Å². The van der Waals surface area contributed by atoms with Gasteiger partial charge in [-0.3, -0.25) is 4.79 Å². The maximum Gasteiger partial charge on any atom is 0.225 e. The van der Waals surface area contributed by atoms with Crippen molar-refractivity contribution in [2.24, 2.45) is 5.92 Å². The molecule has 3 aliphatic rings. The van der Waals surface area contributed by atoms with Crippen molar-refractivity contribution in [2.45, 2.75) is 70.3 Å². The number of anilines is 1. The van der Waals surface area contributed by atoms with Crippen LogP contribution in [0.15, 0.2) is 12.4 Å². The van der Waals surface area contributed by atoms with Crippen molar-refractivity contribution in [3.63, 3.8) is 0 Å². The number of hydrogen-bond acceptors (Lipinski definition) is 4. The Hall–Kier alpha value is -2.11. The third kappa shape index (κ3) is 3.19. The second-order valence-electron chi connectivity index (χ2n) is 8.45. The summed E-state index contributed by atoms with van der Waals surface area (Å²) in [4.78, 5) is 19.9. The molecule has 1 N–H and O–H groups in total. The van der Waals surface area contributed by atoms with E-state index >= 15 is 0 Å². The van der Waals surface area contributed by atoms with Crippen molar-refractivity contribution in [3.8, 4) is 0 Å². The Morgan fingerprint density at radius 2 is 1.93 bits per heavy atom. The lowest BCUT2D eigenvalue weighted by Crippen LogP contribution is -2.45. The van der Waals surface area contributed by atoms with Gasteiger partial charge < -0.3 is 10.2 Å². The quantitative estimate of drug-likeness (QED) is 0.906. The number of rotatable bonds is 3. The summed E-state index contributed by atoms with van der Waals surface area (Å²) in [6, 6.07) is 0.399. The van der Waals surface area contributed by atoms with Crippen LogP contribution >= 0.6 is 0 Å². The molecule has 5 rings (SSSR count). The minimum Gasteiger partial charge on any atom is -0.354 e. The normalized spacial score (nSPS) is 23.6. The minimum absolute atomic E-state index is 0.0696. The highest BCUT2D eigenvalue weighted by Gasteiger charge is 2.30. The SMILES string of the molecule is O=C(NC1CCCC1)C1CCCN(c2nccn3nc4c(c23)CCCC4)C1. The summed E-state index contributed by atoms with van der Waals surface area (Å²) in [6.07, 6.45) is 15.3. The van der Waals surface area contributed by atoms with E-state index < -0.39 is 0 Å². The van der Waals surface area contributed by atoms with Gasteiger partial charge in [0.2, 0.25) is 5.91 Å². The highest BCUT2D eigenvalue weighted by molar-refractivity contribution is 5.81. The predicted molar refractivity (Wildman–Crippen MR) is 105 cm³/mol. The van der Waals surface area contributed by atoms with E-state index in [-0.39, 0.29) is 11.8 Å². The standard InChI is InChI=1S/C21H29N5O/c27-21(23-16-7-1-2-8-16)15-6-5-12-25(14-15)20-19-17-9-3-4-10-18(17)24-26(19)13-11-22-20/h11,13,15-16H,1-10,12,14H2,(H,23,27). The maximum absolute atomic E-state index is 12.8. The number of carbonyl (C=O) groups is 1. The Morgan fingerprint density at radius 3 is 2.81 bits per heavy atom.